The number of carbonyl (C=O) groups excluding carboxylic acids is 1. The number of benzene rings is 1. The third-order valence-corrected chi connectivity index (χ3v) is 2.36. The van der Waals surface area contributed by atoms with Crippen LogP contribution in [0.2, 0.25) is 0 Å². The molecule has 0 saturated heterocycles. The summed E-state index contributed by atoms with van der Waals surface area (Å²) in [5.41, 5.74) is 2.02. The Bertz CT molecular complexity index is 489. The summed E-state index contributed by atoms with van der Waals surface area (Å²) >= 11 is 0. The first-order valence-electron chi connectivity index (χ1n) is 6.06. The number of rotatable bonds is 9. The lowest BCUT2D eigenvalue weighted by Gasteiger charge is -2.13. The van der Waals surface area contributed by atoms with Gasteiger partial charge in [0.25, 0.3) is 0 Å². The van der Waals surface area contributed by atoms with E-state index in [0.717, 1.165) is 0 Å². The fourth-order valence-electron chi connectivity index (χ4n) is 1.33. The second-order valence-electron chi connectivity index (χ2n) is 4.02. The molecule has 0 saturated carbocycles. The van der Waals surface area contributed by atoms with Gasteiger partial charge in [-0.2, -0.15) is 0 Å². The van der Waals surface area contributed by atoms with E-state index < -0.39 is 30.6 Å². The Balaban J connectivity index is 2.32. The number of hydrogen-bond donors (Lipinski definition) is 3. The number of nitrogens with one attached hydrogen (secondary N) is 1. The summed E-state index contributed by atoms with van der Waals surface area (Å²) in [6, 6.07) is 7.24. The van der Waals surface area contributed by atoms with Crippen molar-refractivity contribution in [2.24, 2.45) is 0 Å². The van der Waals surface area contributed by atoms with Crippen molar-refractivity contribution < 1.29 is 34.2 Å². The van der Waals surface area contributed by atoms with E-state index in [1.165, 1.54) is 0 Å². The Morgan fingerprint density at radius 3 is 2.38 bits per heavy atom. The van der Waals surface area contributed by atoms with E-state index in [9.17, 15) is 14.4 Å². The van der Waals surface area contributed by atoms with Gasteiger partial charge in [0.05, 0.1) is 0 Å². The van der Waals surface area contributed by atoms with Crippen LogP contribution >= 0.6 is 0 Å². The van der Waals surface area contributed by atoms with E-state index in [4.69, 9.17) is 14.9 Å². The van der Waals surface area contributed by atoms with E-state index in [0.29, 0.717) is 5.75 Å². The highest BCUT2D eigenvalue weighted by atomic mass is 16.7. The van der Waals surface area contributed by atoms with Gasteiger partial charge >= 0.3 is 17.9 Å². The van der Waals surface area contributed by atoms with Crippen LogP contribution in [0.1, 0.15) is 12.8 Å². The summed E-state index contributed by atoms with van der Waals surface area (Å²) in [4.78, 5) is 37.1. The number of carboxylic acids is 2. The van der Waals surface area contributed by atoms with Crippen molar-refractivity contribution in [1.29, 1.82) is 0 Å². The molecule has 1 atom stereocenters. The molecular weight excluding hydrogens is 282 g/mol. The van der Waals surface area contributed by atoms with E-state index in [1.807, 2.05) is 5.48 Å². The minimum Gasteiger partial charge on any atom is -0.482 e. The fraction of sp³-hybridized carbons (Fsp3) is 0.308. The van der Waals surface area contributed by atoms with Gasteiger partial charge in [-0.1, -0.05) is 18.2 Å². The quantitative estimate of drug-likeness (QED) is 0.561. The van der Waals surface area contributed by atoms with Gasteiger partial charge in [0.15, 0.2) is 6.61 Å². The Hall–Kier alpha value is -2.61. The zero-order valence-corrected chi connectivity index (χ0v) is 11.0. The molecule has 1 aromatic rings. The van der Waals surface area contributed by atoms with Gasteiger partial charge in [0, 0.05) is 6.42 Å². The molecular formula is C13H15NO7. The van der Waals surface area contributed by atoms with Crippen molar-refractivity contribution in [2.75, 3.05) is 6.61 Å². The lowest BCUT2D eigenvalue weighted by Crippen LogP contribution is -2.39. The van der Waals surface area contributed by atoms with Gasteiger partial charge in [0.1, 0.15) is 11.8 Å². The molecule has 0 unspecified atom stereocenters. The van der Waals surface area contributed by atoms with Gasteiger partial charge in [0.2, 0.25) is 0 Å². The van der Waals surface area contributed by atoms with Crippen LogP contribution in [0.3, 0.4) is 0 Å². The zero-order valence-electron chi connectivity index (χ0n) is 11.0. The molecule has 0 heterocycles. The van der Waals surface area contributed by atoms with Crippen molar-refractivity contribution in [3.8, 4) is 5.75 Å². The highest BCUT2D eigenvalue weighted by molar-refractivity contribution is 5.75. The molecule has 0 aliphatic heterocycles. The number of aliphatic carboxylic acids is 2. The molecule has 8 heteroatoms. The number of para-hydroxylation sites is 1. The van der Waals surface area contributed by atoms with E-state index in [-0.39, 0.29) is 12.8 Å². The Morgan fingerprint density at radius 2 is 1.81 bits per heavy atom. The monoisotopic (exact) mass is 297 g/mol. The topological polar surface area (TPSA) is 122 Å². The number of ether oxygens (including phenoxy) is 1. The van der Waals surface area contributed by atoms with Crippen LogP contribution in [0.15, 0.2) is 30.3 Å². The molecule has 1 aromatic carbocycles. The summed E-state index contributed by atoms with van der Waals surface area (Å²) in [6.07, 6.45) is -0.570. The number of hydrogen-bond acceptors (Lipinski definition) is 6. The molecule has 3 N–H and O–H groups in total. The molecule has 0 bridgehead atoms. The highest BCUT2D eigenvalue weighted by Crippen LogP contribution is 2.07. The molecule has 0 aromatic heterocycles. The minimum atomic E-state index is -1.31. The van der Waals surface area contributed by atoms with Crippen molar-refractivity contribution >= 4 is 17.9 Å². The molecule has 0 radical (unpaired) electrons. The first kappa shape index (κ1) is 16.4. The zero-order chi connectivity index (χ0) is 15.7. The van der Waals surface area contributed by atoms with E-state index in [1.54, 1.807) is 30.3 Å². The summed E-state index contributed by atoms with van der Waals surface area (Å²) in [7, 11) is 0. The summed E-state index contributed by atoms with van der Waals surface area (Å²) in [5, 5.41) is 17.3. The van der Waals surface area contributed by atoms with Crippen LogP contribution in [0.5, 0.6) is 5.75 Å². The maximum Gasteiger partial charge on any atom is 0.362 e. The SMILES string of the molecule is O=C(O)CC[C@@H](NOC(=O)COc1ccccc1)C(=O)O. The molecule has 1 rings (SSSR count). The molecule has 0 fully saturated rings. The maximum atomic E-state index is 11.4. The largest absolute Gasteiger partial charge is 0.482 e. The fourth-order valence-corrected chi connectivity index (χ4v) is 1.33. The second-order valence-corrected chi connectivity index (χ2v) is 4.02. The summed E-state index contributed by atoms with van der Waals surface area (Å²) < 4.78 is 5.10. The van der Waals surface area contributed by atoms with Crippen LogP contribution in [-0.2, 0) is 19.2 Å². The number of hydroxylamine groups is 1. The standard InChI is InChI=1S/C13H15NO7/c15-11(16)7-6-10(13(18)19)14-21-12(17)8-20-9-4-2-1-3-5-9/h1-5,10,14H,6-8H2,(H,15,16)(H,18,19)/t10-/m1/s1. The molecule has 8 nitrogen and oxygen atoms in total. The number of carbonyl (C=O) groups is 3. The van der Waals surface area contributed by atoms with Crippen LogP contribution in [-0.4, -0.2) is 40.8 Å². The molecule has 21 heavy (non-hydrogen) atoms. The van der Waals surface area contributed by atoms with E-state index in [2.05, 4.69) is 4.84 Å². The third-order valence-electron chi connectivity index (χ3n) is 2.36. The number of carboxylic acid groups (broad SMARTS) is 2. The van der Waals surface area contributed by atoms with E-state index >= 15 is 0 Å². The van der Waals surface area contributed by atoms with Crippen LogP contribution in [0.25, 0.3) is 0 Å². The average Bonchev–Trinajstić information content (AvgIpc) is 2.45. The summed E-state index contributed by atoms with van der Waals surface area (Å²) in [5.74, 6) is -2.80. The van der Waals surface area contributed by atoms with Gasteiger partial charge < -0.3 is 19.8 Å². The minimum absolute atomic E-state index is 0.211. The summed E-state index contributed by atoms with van der Waals surface area (Å²) in [6.45, 7) is -0.401. The average molecular weight is 297 g/mol. The smallest absolute Gasteiger partial charge is 0.362 e. The third kappa shape index (κ3) is 6.92. The lowest BCUT2D eigenvalue weighted by atomic mass is 10.2. The Morgan fingerprint density at radius 1 is 1.14 bits per heavy atom. The first-order chi connectivity index (χ1) is 9.99. The van der Waals surface area contributed by atoms with Crippen LogP contribution in [0.4, 0.5) is 0 Å². The molecule has 0 aliphatic rings. The molecule has 0 amide bonds. The van der Waals surface area contributed by atoms with Gasteiger partial charge in [-0.25, -0.2) is 4.79 Å². The van der Waals surface area contributed by atoms with Gasteiger partial charge in [-0.15, -0.1) is 5.48 Å². The van der Waals surface area contributed by atoms with Crippen LogP contribution in [0, 0.1) is 0 Å². The van der Waals surface area contributed by atoms with Gasteiger partial charge in [-0.05, 0) is 18.6 Å². The molecule has 0 spiro atoms. The first-order valence-corrected chi connectivity index (χ1v) is 6.06. The predicted octanol–water partition coefficient (Wildman–Crippen LogP) is 0.431. The molecule has 0 aliphatic carbocycles. The highest BCUT2D eigenvalue weighted by Gasteiger charge is 2.20. The maximum absolute atomic E-state index is 11.4. The van der Waals surface area contributed by atoms with Crippen LogP contribution < -0.4 is 10.2 Å². The molecule has 114 valence electrons. The normalized spacial score (nSPS) is 11.4. The van der Waals surface area contributed by atoms with Crippen molar-refractivity contribution in [1.82, 2.24) is 5.48 Å². The van der Waals surface area contributed by atoms with Gasteiger partial charge in [-0.3, -0.25) is 9.59 Å². The van der Waals surface area contributed by atoms with Crippen molar-refractivity contribution in [2.45, 2.75) is 18.9 Å². The predicted molar refractivity (Wildman–Crippen MR) is 69.5 cm³/mol. The van der Waals surface area contributed by atoms with Crippen molar-refractivity contribution in [3.05, 3.63) is 30.3 Å². The Kier molecular flexibility index (Phi) is 6.69. The van der Waals surface area contributed by atoms with Crippen molar-refractivity contribution in [3.63, 3.8) is 0 Å². The Labute approximate surface area is 120 Å². The second kappa shape index (κ2) is 8.54. The lowest BCUT2D eigenvalue weighted by molar-refractivity contribution is -0.160.